The quantitative estimate of drug-likeness (QED) is 0.747. The number of nitrogens with one attached hydrogen (secondary N) is 1. The standard InChI is InChI=1S/C21H22BrNO4/c1-2-27-17-10-11(9-12(22)21(17)26)18-19-13(5-3-7-15(19)24)23-14-6-4-8-16(25)20(14)18/h9-10,18,23,26H,2-8H2,1H3. The number of halogens is 1. The minimum atomic E-state index is -0.395. The smallest absolute Gasteiger partial charge is 0.172 e. The summed E-state index contributed by atoms with van der Waals surface area (Å²) in [5.41, 5.74) is 4.11. The Labute approximate surface area is 166 Å². The number of hydrogen-bond donors (Lipinski definition) is 2. The first-order chi connectivity index (χ1) is 13.0. The van der Waals surface area contributed by atoms with Crippen LogP contribution in [0.5, 0.6) is 11.5 Å². The zero-order valence-corrected chi connectivity index (χ0v) is 16.8. The fraction of sp³-hybridized carbons (Fsp3) is 0.429. The van der Waals surface area contributed by atoms with Gasteiger partial charge in [0.2, 0.25) is 0 Å². The monoisotopic (exact) mass is 431 g/mol. The van der Waals surface area contributed by atoms with Crippen molar-refractivity contribution in [3.63, 3.8) is 0 Å². The number of hydrogen-bond acceptors (Lipinski definition) is 5. The normalized spacial score (nSPS) is 20.4. The Morgan fingerprint density at radius 2 is 1.67 bits per heavy atom. The molecule has 142 valence electrons. The topological polar surface area (TPSA) is 75.6 Å². The van der Waals surface area contributed by atoms with E-state index in [2.05, 4.69) is 21.2 Å². The van der Waals surface area contributed by atoms with Gasteiger partial charge < -0.3 is 15.2 Å². The third kappa shape index (κ3) is 3.10. The number of ether oxygens (including phenoxy) is 1. The van der Waals surface area contributed by atoms with Gasteiger partial charge in [-0.05, 0) is 66.2 Å². The maximum atomic E-state index is 12.8. The Bertz CT molecular complexity index is 858. The van der Waals surface area contributed by atoms with Gasteiger partial charge in [-0.2, -0.15) is 0 Å². The first-order valence-corrected chi connectivity index (χ1v) is 10.2. The number of rotatable bonds is 3. The lowest BCUT2D eigenvalue weighted by Crippen LogP contribution is -2.36. The van der Waals surface area contributed by atoms with Gasteiger partial charge in [-0.3, -0.25) is 9.59 Å². The molecule has 1 aliphatic heterocycles. The molecule has 0 bridgehead atoms. The summed E-state index contributed by atoms with van der Waals surface area (Å²) in [6.07, 6.45) is 4.31. The molecule has 0 saturated heterocycles. The molecule has 0 atom stereocenters. The number of carbonyl (C=O) groups is 2. The third-order valence-corrected chi connectivity index (χ3v) is 6.08. The third-order valence-electron chi connectivity index (χ3n) is 5.48. The van der Waals surface area contributed by atoms with E-state index in [1.165, 1.54) is 0 Å². The summed E-state index contributed by atoms with van der Waals surface area (Å²) in [5.74, 6) is 0.189. The Hall–Kier alpha value is -2.08. The Balaban J connectivity index is 1.92. The summed E-state index contributed by atoms with van der Waals surface area (Å²) in [5, 5.41) is 13.7. The summed E-state index contributed by atoms with van der Waals surface area (Å²) in [4.78, 5) is 25.7. The van der Waals surface area contributed by atoms with Crippen molar-refractivity contribution >= 4 is 27.5 Å². The summed E-state index contributed by atoms with van der Waals surface area (Å²) in [6.45, 7) is 2.26. The highest BCUT2D eigenvalue weighted by Crippen LogP contribution is 2.48. The number of aromatic hydroxyl groups is 1. The molecule has 1 aromatic rings. The van der Waals surface area contributed by atoms with Crippen molar-refractivity contribution in [2.75, 3.05) is 6.61 Å². The van der Waals surface area contributed by atoms with Crippen molar-refractivity contribution in [1.29, 1.82) is 0 Å². The van der Waals surface area contributed by atoms with E-state index in [1.54, 1.807) is 12.1 Å². The Kier molecular flexibility index (Phi) is 4.84. The van der Waals surface area contributed by atoms with Crippen molar-refractivity contribution < 1.29 is 19.4 Å². The van der Waals surface area contributed by atoms with Gasteiger partial charge in [0.15, 0.2) is 23.1 Å². The summed E-state index contributed by atoms with van der Waals surface area (Å²) in [7, 11) is 0. The second-order valence-electron chi connectivity index (χ2n) is 7.18. The first-order valence-electron chi connectivity index (χ1n) is 9.46. The van der Waals surface area contributed by atoms with E-state index >= 15 is 0 Å². The molecule has 0 amide bonds. The van der Waals surface area contributed by atoms with Gasteiger partial charge in [0.1, 0.15) is 0 Å². The fourth-order valence-corrected chi connectivity index (χ4v) is 4.80. The van der Waals surface area contributed by atoms with E-state index in [9.17, 15) is 14.7 Å². The van der Waals surface area contributed by atoms with Crippen LogP contribution in [-0.2, 0) is 9.59 Å². The van der Waals surface area contributed by atoms with Crippen LogP contribution in [0.15, 0.2) is 39.1 Å². The highest BCUT2D eigenvalue weighted by Gasteiger charge is 2.40. The average molecular weight is 432 g/mol. The molecule has 0 unspecified atom stereocenters. The molecule has 3 aliphatic rings. The van der Waals surface area contributed by atoms with Crippen LogP contribution >= 0.6 is 15.9 Å². The molecule has 27 heavy (non-hydrogen) atoms. The first kappa shape index (κ1) is 18.3. The second-order valence-corrected chi connectivity index (χ2v) is 8.03. The average Bonchev–Trinajstić information content (AvgIpc) is 2.64. The minimum absolute atomic E-state index is 0.0304. The van der Waals surface area contributed by atoms with E-state index in [0.29, 0.717) is 40.8 Å². The zero-order chi connectivity index (χ0) is 19.1. The molecule has 0 spiro atoms. The van der Waals surface area contributed by atoms with Gasteiger partial charge >= 0.3 is 0 Å². The highest BCUT2D eigenvalue weighted by molar-refractivity contribution is 9.10. The molecule has 6 heteroatoms. The van der Waals surface area contributed by atoms with Gasteiger partial charge in [-0.1, -0.05) is 0 Å². The highest BCUT2D eigenvalue weighted by atomic mass is 79.9. The molecule has 1 aromatic carbocycles. The van der Waals surface area contributed by atoms with E-state index in [4.69, 9.17) is 4.74 Å². The number of allylic oxidation sites excluding steroid dienone is 4. The SMILES string of the molecule is CCOc1cc(C2C3=C(CCCC3=O)NC3=C2C(=O)CCC3)cc(Br)c1O. The lowest BCUT2D eigenvalue weighted by molar-refractivity contribution is -0.116. The van der Waals surface area contributed by atoms with Crippen molar-refractivity contribution in [1.82, 2.24) is 5.32 Å². The van der Waals surface area contributed by atoms with E-state index in [1.807, 2.05) is 6.92 Å². The van der Waals surface area contributed by atoms with E-state index in [-0.39, 0.29) is 17.3 Å². The number of benzene rings is 1. The summed E-state index contributed by atoms with van der Waals surface area (Å²) < 4.78 is 6.08. The molecule has 5 nitrogen and oxygen atoms in total. The molecule has 0 fully saturated rings. The Morgan fingerprint density at radius 3 is 2.22 bits per heavy atom. The maximum Gasteiger partial charge on any atom is 0.172 e. The zero-order valence-electron chi connectivity index (χ0n) is 15.2. The van der Waals surface area contributed by atoms with Crippen LogP contribution in [0, 0.1) is 0 Å². The molecule has 2 aliphatic carbocycles. The van der Waals surface area contributed by atoms with Crippen molar-refractivity contribution in [3.05, 3.63) is 44.7 Å². The molecule has 1 heterocycles. The molecule has 0 aromatic heterocycles. The lowest BCUT2D eigenvalue weighted by Gasteiger charge is -2.37. The van der Waals surface area contributed by atoms with Gasteiger partial charge in [-0.15, -0.1) is 0 Å². The molecule has 2 N–H and O–H groups in total. The predicted octanol–water partition coefficient (Wildman–Crippen LogP) is 4.25. The van der Waals surface area contributed by atoms with Crippen LogP contribution in [0.1, 0.15) is 56.9 Å². The van der Waals surface area contributed by atoms with Crippen LogP contribution in [0.4, 0.5) is 0 Å². The molecular formula is C21H22BrNO4. The van der Waals surface area contributed by atoms with Crippen molar-refractivity contribution in [2.24, 2.45) is 0 Å². The molecular weight excluding hydrogens is 410 g/mol. The van der Waals surface area contributed by atoms with Crippen molar-refractivity contribution in [2.45, 2.75) is 51.4 Å². The van der Waals surface area contributed by atoms with Crippen LogP contribution in [0.2, 0.25) is 0 Å². The summed E-state index contributed by atoms with van der Waals surface area (Å²) in [6, 6.07) is 3.56. The molecule has 0 radical (unpaired) electrons. The van der Waals surface area contributed by atoms with Gasteiger partial charge in [0, 0.05) is 41.3 Å². The van der Waals surface area contributed by atoms with Gasteiger partial charge in [0.05, 0.1) is 11.1 Å². The second kappa shape index (κ2) is 7.15. The largest absolute Gasteiger partial charge is 0.503 e. The molecule has 4 rings (SSSR count). The number of ketones is 2. The maximum absolute atomic E-state index is 12.8. The number of carbonyl (C=O) groups excluding carboxylic acids is 2. The molecule has 0 saturated carbocycles. The number of phenols is 1. The summed E-state index contributed by atoms with van der Waals surface area (Å²) >= 11 is 3.39. The van der Waals surface area contributed by atoms with Crippen LogP contribution in [0.3, 0.4) is 0 Å². The van der Waals surface area contributed by atoms with Gasteiger partial charge in [0.25, 0.3) is 0 Å². The van der Waals surface area contributed by atoms with Gasteiger partial charge in [-0.25, -0.2) is 0 Å². The lowest BCUT2D eigenvalue weighted by atomic mass is 9.71. The van der Waals surface area contributed by atoms with Crippen LogP contribution in [0.25, 0.3) is 0 Å². The van der Waals surface area contributed by atoms with E-state index < -0.39 is 5.92 Å². The van der Waals surface area contributed by atoms with Crippen LogP contribution < -0.4 is 10.1 Å². The minimum Gasteiger partial charge on any atom is -0.503 e. The predicted molar refractivity (Wildman–Crippen MR) is 105 cm³/mol. The number of phenolic OH excluding ortho intramolecular Hbond substituents is 1. The van der Waals surface area contributed by atoms with Crippen molar-refractivity contribution in [3.8, 4) is 11.5 Å². The number of Topliss-reactive ketones (excluding diaryl/α,β-unsaturated/α-hetero) is 2. The van der Waals surface area contributed by atoms with Crippen LogP contribution in [-0.4, -0.2) is 23.3 Å². The Morgan fingerprint density at radius 1 is 1.07 bits per heavy atom. The fourth-order valence-electron chi connectivity index (χ4n) is 4.34. The number of dihydropyridines is 1. The van der Waals surface area contributed by atoms with E-state index in [0.717, 1.165) is 42.6 Å².